The molecule has 4 nitrogen and oxygen atoms in total. The van der Waals surface area contributed by atoms with Gasteiger partial charge in [0.05, 0.1) is 22.9 Å². The fraction of sp³-hybridized carbons (Fsp3) is 0. The van der Waals surface area contributed by atoms with Gasteiger partial charge in [0.15, 0.2) is 5.82 Å². The molecule has 0 atom stereocenters. The highest BCUT2D eigenvalue weighted by atomic mass is 35.5. The van der Waals surface area contributed by atoms with Crippen LogP contribution in [0.15, 0.2) is 66.9 Å². The van der Waals surface area contributed by atoms with Crippen molar-refractivity contribution in [2.24, 2.45) is 0 Å². The molecule has 0 saturated carbocycles. The van der Waals surface area contributed by atoms with Crippen molar-refractivity contribution in [3.63, 3.8) is 0 Å². The van der Waals surface area contributed by atoms with E-state index in [-0.39, 0.29) is 0 Å². The zero-order chi connectivity index (χ0) is 15.6. The molecule has 0 saturated heterocycles. The summed E-state index contributed by atoms with van der Waals surface area (Å²) in [6, 6.07) is 19.7. The molecule has 1 heterocycles. The minimum atomic E-state index is 0.646. The Morgan fingerprint density at radius 2 is 1.57 bits per heavy atom. The third kappa shape index (κ3) is 2.89. The van der Waals surface area contributed by atoms with Gasteiger partial charge >= 0.3 is 0 Å². The number of fused-ring (bicyclic) bond motifs is 2. The van der Waals surface area contributed by atoms with Gasteiger partial charge in [0.2, 0.25) is 0 Å². The van der Waals surface area contributed by atoms with Gasteiger partial charge in [0.25, 0.3) is 0 Å². The third-order valence-electron chi connectivity index (χ3n) is 3.57. The van der Waals surface area contributed by atoms with Gasteiger partial charge in [-0.3, -0.25) is 15.8 Å². The van der Waals surface area contributed by atoms with Crippen LogP contribution in [0.4, 0.5) is 11.5 Å². The summed E-state index contributed by atoms with van der Waals surface area (Å²) in [7, 11) is 0. The number of aromatic nitrogens is 2. The largest absolute Gasteiger partial charge is 0.300 e. The van der Waals surface area contributed by atoms with Crippen molar-refractivity contribution < 1.29 is 0 Å². The summed E-state index contributed by atoms with van der Waals surface area (Å²) < 4.78 is 0. The number of halogens is 1. The van der Waals surface area contributed by atoms with Gasteiger partial charge in [-0.15, -0.1) is 0 Å². The molecule has 0 aliphatic rings. The zero-order valence-corrected chi connectivity index (χ0v) is 12.9. The van der Waals surface area contributed by atoms with E-state index in [9.17, 15) is 0 Å². The maximum absolute atomic E-state index is 5.96. The molecule has 0 bridgehead atoms. The van der Waals surface area contributed by atoms with Crippen LogP contribution in [-0.2, 0) is 0 Å². The van der Waals surface area contributed by atoms with E-state index in [4.69, 9.17) is 11.6 Å². The minimum absolute atomic E-state index is 0.646. The number of benzene rings is 3. The number of hydrazine groups is 1. The molecule has 2 N–H and O–H groups in total. The highest BCUT2D eigenvalue weighted by Crippen LogP contribution is 2.21. The number of hydrogen-bond donors (Lipinski definition) is 2. The molecule has 112 valence electrons. The molecule has 3 aromatic carbocycles. The predicted octanol–water partition coefficient (Wildman–Crippen LogP) is 4.88. The number of hydrogen-bond acceptors (Lipinski definition) is 4. The second-order valence-corrected chi connectivity index (χ2v) is 5.64. The Kier molecular flexibility index (Phi) is 3.44. The fourth-order valence-electron chi connectivity index (χ4n) is 2.46. The second kappa shape index (κ2) is 5.74. The molecule has 0 radical (unpaired) electrons. The molecular weight excluding hydrogens is 308 g/mol. The molecule has 4 aromatic rings. The van der Waals surface area contributed by atoms with Gasteiger partial charge in [0.1, 0.15) is 0 Å². The average molecular weight is 321 g/mol. The maximum atomic E-state index is 5.96. The van der Waals surface area contributed by atoms with Gasteiger partial charge in [-0.05, 0) is 41.1 Å². The third-order valence-corrected chi connectivity index (χ3v) is 3.80. The molecule has 23 heavy (non-hydrogen) atoms. The van der Waals surface area contributed by atoms with Gasteiger partial charge in [-0.1, -0.05) is 41.9 Å². The Balaban J connectivity index is 1.64. The molecule has 5 heteroatoms. The first-order valence-corrected chi connectivity index (χ1v) is 7.59. The van der Waals surface area contributed by atoms with Crippen LogP contribution in [0, 0.1) is 0 Å². The molecule has 0 amide bonds. The van der Waals surface area contributed by atoms with Crippen molar-refractivity contribution in [1.29, 1.82) is 0 Å². The van der Waals surface area contributed by atoms with E-state index in [1.165, 1.54) is 0 Å². The molecule has 0 aliphatic heterocycles. The van der Waals surface area contributed by atoms with Crippen LogP contribution in [0.25, 0.3) is 21.8 Å². The summed E-state index contributed by atoms with van der Waals surface area (Å²) in [5.41, 5.74) is 8.69. The SMILES string of the molecule is Clc1cccc(NNc2cnc3cc4ccccc4cc3n2)c1. The first kappa shape index (κ1) is 13.8. The van der Waals surface area contributed by atoms with Crippen molar-refractivity contribution in [2.75, 3.05) is 10.9 Å². The Bertz CT molecular complexity index is 1000. The highest BCUT2D eigenvalue weighted by molar-refractivity contribution is 6.30. The zero-order valence-electron chi connectivity index (χ0n) is 12.1. The normalized spacial score (nSPS) is 10.8. The summed E-state index contributed by atoms with van der Waals surface area (Å²) >= 11 is 5.96. The maximum Gasteiger partial charge on any atom is 0.163 e. The van der Waals surface area contributed by atoms with Crippen LogP contribution < -0.4 is 10.9 Å². The van der Waals surface area contributed by atoms with Crippen molar-refractivity contribution >= 4 is 44.9 Å². The van der Waals surface area contributed by atoms with Crippen molar-refractivity contribution in [1.82, 2.24) is 9.97 Å². The summed E-state index contributed by atoms with van der Waals surface area (Å²) in [6.45, 7) is 0. The number of rotatable bonds is 3. The number of anilines is 2. The molecule has 0 unspecified atom stereocenters. The Hall–Kier alpha value is -2.85. The van der Waals surface area contributed by atoms with Crippen LogP contribution in [0.3, 0.4) is 0 Å². The summed E-state index contributed by atoms with van der Waals surface area (Å²) in [4.78, 5) is 9.06. The van der Waals surface area contributed by atoms with Crippen LogP contribution >= 0.6 is 11.6 Å². The Morgan fingerprint density at radius 1 is 0.783 bits per heavy atom. The average Bonchev–Trinajstić information content (AvgIpc) is 2.58. The smallest absolute Gasteiger partial charge is 0.163 e. The Labute approximate surface area is 138 Å². The van der Waals surface area contributed by atoms with Gasteiger partial charge in [0, 0.05) is 5.02 Å². The van der Waals surface area contributed by atoms with Crippen LogP contribution in [-0.4, -0.2) is 9.97 Å². The fourth-order valence-corrected chi connectivity index (χ4v) is 2.65. The van der Waals surface area contributed by atoms with Gasteiger partial charge < -0.3 is 0 Å². The first-order chi connectivity index (χ1) is 11.3. The van der Waals surface area contributed by atoms with Crippen LogP contribution in [0.1, 0.15) is 0 Å². The second-order valence-electron chi connectivity index (χ2n) is 5.20. The Morgan fingerprint density at radius 3 is 2.35 bits per heavy atom. The summed E-state index contributed by atoms with van der Waals surface area (Å²) in [5.74, 6) is 0.646. The molecule has 0 aliphatic carbocycles. The lowest BCUT2D eigenvalue weighted by molar-refractivity contribution is 1.25. The lowest BCUT2D eigenvalue weighted by Gasteiger charge is -2.09. The van der Waals surface area contributed by atoms with Crippen LogP contribution in [0.2, 0.25) is 5.02 Å². The molecule has 0 fully saturated rings. The van der Waals surface area contributed by atoms with E-state index in [2.05, 4.69) is 33.0 Å². The van der Waals surface area contributed by atoms with Gasteiger partial charge in [-0.25, -0.2) is 4.98 Å². The lowest BCUT2D eigenvalue weighted by atomic mass is 10.1. The standard InChI is InChI=1S/C18H13ClN4/c19-14-6-3-7-15(10-14)22-23-18-11-20-16-8-12-4-1-2-5-13(12)9-17(16)21-18/h1-11,22H,(H,21,23). The number of nitrogens with one attached hydrogen (secondary N) is 2. The molecule has 1 aromatic heterocycles. The topological polar surface area (TPSA) is 49.8 Å². The van der Waals surface area contributed by atoms with E-state index >= 15 is 0 Å². The summed E-state index contributed by atoms with van der Waals surface area (Å²) in [5, 5.41) is 2.98. The molecule has 0 spiro atoms. The quantitative estimate of drug-likeness (QED) is 0.417. The predicted molar refractivity (Wildman–Crippen MR) is 95.7 cm³/mol. The van der Waals surface area contributed by atoms with E-state index in [0.717, 1.165) is 27.5 Å². The lowest BCUT2D eigenvalue weighted by Crippen LogP contribution is -2.10. The van der Waals surface area contributed by atoms with E-state index < -0.39 is 0 Å². The van der Waals surface area contributed by atoms with Crippen molar-refractivity contribution in [2.45, 2.75) is 0 Å². The summed E-state index contributed by atoms with van der Waals surface area (Å²) in [6.07, 6.45) is 1.70. The van der Waals surface area contributed by atoms with Crippen LogP contribution in [0.5, 0.6) is 0 Å². The van der Waals surface area contributed by atoms with E-state index in [0.29, 0.717) is 10.8 Å². The minimum Gasteiger partial charge on any atom is -0.300 e. The number of nitrogens with zero attached hydrogens (tertiary/aromatic N) is 2. The molecule has 4 rings (SSSR count). The van der Waals surface area contributed by atoms with Crippen molar-refractivity contribution in [3.8, 4) is 0 Å². The molecular formula is C18H13ClN4. The highest BCUT2D eigenvalue weighted by Gasteiger charge is 2.02. The van der Waals surface area contributed by atoms with E-state index in [1.54, 1.807) is 6.20 Å². The van der Waals surface area contributed by atoms with Gasteiger partial charge in [-0.2, -0.15) is 0 Å². The first-order valence-electron chi connectivity index (χ1n) is 7.21. The monoisotopic (exact) mass is 320 g/mol. The van der Waals surface area contributed by atoms with E-state index in [1.807, 2.05) is 48.5 Å². The van der Waals surface area contributed by atoms with Crippen molar-refractivity contribution in [3.05, 3.63) is 71.9 Å².